The molecule has 0 fully saturated rings. The van der Waals surface area contributed by atoms with E-state index in [0.29, 0.717) is 0 Å². The van der Waals surface area contributed by atoms with E-state index in [2.05, 4.69) is 75.6 Å². The van der Waals surface area contributed by atoms with Crippen LogP contribution in [0.2, 0.25) is 0 Å². The van der Waals surface area contributed by atoms with Crippen LogP contribution in [-0.2, 0) is 6.54 Å². The Bertz CT molecular complexity index is 750. The van der Waals surface area contributed by atoms with Crippen molar-refractivity contribution in [2.75, 3.05) is 0 Å². The smallest absolute Gasteiger partial charge is 0.0705 e. The SMILES string of the molecule is CC(NCc1ccnc2ccccc12)c1ccccc1Br. The zero-order valence-electron chi connectivity index (χ0n) is 11.9. The molecule has 0 aliphatic carbocycles. The first-order chi connectivity index (χ1) is 10.3. The fourth-order valence-electron chi connectivity index (χ4n) is 2.51. The Balaban J connectivity index is 1.79. The molecule has 1 unspecified atom stereocenters. The number of benzene rings is 2. The molecule has 0 spiro atoms. The lowest BCUT2D eigenvalue weighted by molar-refractivity contribution is 0.574. The monoisotopic (exact) mass is 340 g/mol. The van der Waals surface area contributed by atoms with Crippen LogP contribution in [0.3, 0.4) is 0 Å². The Morgan fingerprint density at radius 3 is 2.67 bits per heavy atom. The van der Waals surface area contributed by atoms with Crippen molar-refractivity contribution in [2.45, 2.75) is 19.5 Å². The van der Waals surface area contributed by atoms with Crippen LogP contribution >= 0.6 is 15.9 Å². The van der Waals surface area contributed by atoms with E-state index >= 15 is 0 Å². The molecule has 0 saturated carbocycles. The summed E-state index contributed by atoms with van der Waals surface area (Å²) >= 11 is 3.61. The van der Waals surface area contributed by atoms with Crippen LogP contribution in [0.5, 0.6) is 0 Å². The van der Waals surface area contributed by atoms with Gasteiger partial charge in [0.2, 0.25) is 0 Å². The average Bonchev–Trinajstić information content (AvgIpc) is 2.53. The van der Waals surface area contributed by atoms with Gasteiger partial charge in [-0.2, -0.15) is 0 Å². The number of hydrogen-bond donors (Lipinski definition) is 1. The summed E-state index contributed by atoms with van der Waals surface area (Å²) < 4.78 is 1.14. The summed E-state index contributed by atoms with van der Waals surface area (Å²) in [6.45, 7) is 3.01. The Labute approximate surface area is 133 Å². The molecule has 3 aromatic rings. The summed E-state index contributed by atoms with van der Waals surface area (Å²) in [6, 6.07) is 19.0. The third-order valence-electron chi connectivity index (χ3n) is 3.71. The molecule has 3 heteroatoms. The minimum Gasteiger partial charge on any atom is -0.306 e. The van der Waals surface area contributed by atoms with Crippen molar-refractivity contribution < 1.29 is 0 Å². The molecule has 3 rings (SSSR count). The number of pyridine rings is 1. The first-order valence-corrected chi connectivity index (χ1v) is 7.85. The van der Waals surface area contributed by atoms with Crippen LogP contribution in [0.15, 0.2) is 65.3 Å². The van der Waals surface area contributed by atoms with Gasteiger partial charge in [-0.1, -0.05) is 52.3 Å². The molecule has 0 amide bonds. The Kier molecular flexibility index (Phi) is 4.32. The van der Waals surface area contributed by atoms with Gasteiger partial charge in [-0.3, -0.25) is 4.98 Å². The summed E-state index contributed by atoms with van der Waals surface area (Å²) in [5.74, 6) is 0. The fourth-order valence-corrected chi connectivity index (χ4v) is 3.14. The number of para-hydroxylation sites is 1. The van der Waals surface area contributed by atoms with Crippen molar-refractivity contribution in [1.82, 2.24) is 10.3 Å². The van der Waals surface area contributed by atoms with Gasteiger partial charge in [0.15, 0.2) is 0 Å². The molecule has 0 saturated heterocycles. The molecule has 2 aromatic carbocycles. The lowest BCUT2D eigenvalue weighted by Gasteiger charge is -2.16. The highest BCUT2D eigenvalue weighted by Crippen LogP contribution is 2.23. The van der Waals surface area contributed by atoms with Crippen molar-refractivity contribution in [2.24, 2.45) is 0 Å². The van der Waals surface area contributed by atoms with E-state index in [1.807, 2.05) is 18.3 Å². The normalized spacial score (nSPS) is 12.5. The summed E-state index contributed by atoms with van der Waals surface area (Å²) in [6.07, 6.45) is 1.88. The summed E-state index contributed by atoms with van der Waals surface area (Å²) in [7, 11) is 0. The van der Waals surface area contributed by atoms with E-state index in [9.17, 15) is 0 Å². The fraction of sp³-hybridized carbons (Fsp3) is 0.167. The van der Waals surface area contributed by atoms with Crippen molar-refractivity contribution in [3.63, 3.8) is 0 Å². The van der Waals surface area contributed by atoms with E-state index in [1.54, 1.807) is 0 Å². The molecule has 1 heterocycles. The van der Waals surface area contributed by atoms with Gasteiger partial charge < -0.3 is 5.32 Å². The van der Waals surface area contributed by atoms with Gasteiger partial charge in [0, 0.05) is 28.6 Å². The second kappa shape index (κ2) is 6.37. The number of aromatic nitrogens is 1. The molecular weight excluding hydrogens is 324 g/mol. The van der Waals surface area contributed by atoms with Crippen molar-refractivity contribution in [3.05, 3.63) is 76.4 Å². The Morgan fingerprint density at radius 1 is 1.05 bits per heavy atom. The molecule has 0 aliphatic heterocycles. The first kappa shape index (κ1) is 14.2. The molecule has 21 heavy (non-hydrogen) atoms. The van der Waals surface area contributed by atoms with Crippen molar-refractivity contribution in [1.29, 1.82) is 0 Å². The van der Waals surface area contributed by atoms with Crippen LogP contribution in [0, 0.1) is 0 Å². The number of rotatable bonds is 4. The summed E-state index contributed by atoms with van der Waals surface area (Å²) in [5, 5.41) is 4.81. The van der Waals surface area contributed by atoms with Gasteiger partial charge in [-0.05, 0) is 36.2 Å². The Hall–Kier alpha value is -1.71. The number of nitrogens with zero attached hydrogens (tertiary/aromatic N) is 1. The molecule has 2 nitrogen and oxygen atoms in total. The van der Waals surface area contributed by atoms with E-state index in [-0.39, 0.29) is 6.04 Å². The van der Waals surface area contributed by atoms with Gasteiger partial charge >= 0.3 is 0 Å². The lowest BCUT2D eigenvalue weighted by Crippen LogP contribution is -2.18. The highest BCUT2D eigenvalue weighted by molar-refractivity contribution is 9.10. The molecule has 1 aromatic heterocycles. The standard InChI is InChI=1S/C18H17BrN2/c1-13(15-6-2-4-8-17(15)19)21-12-14-10-11-20-18-9-5-3-7-16(14)18/h2-11,13,21H,12H2,1H3. The quantitative estimate of drug-likeness (QED) is 0.734. The molecule has 106 valence electrons. The Morgan fingerprint density at radius 2 is 1.81 bits per heavy atom. The predicted octanol–water partition coefficient (Wildman–Crippen LogP) is 4.85. The molecule has 0 bridgehead atoms. The lowest BCUT2D eigenvalue weighted by atomic mass is 10.1. The number of hydrogen-bond acceptors (Lipinski definition) is 2. The van der Waals surface area contributed by atoms with Crippen LogP contribution in [0.25, 0.3) is 10.9 Å². The minimum atomic E-state index is 0.285. The van der Waals surface area contributed by atoms with Crippen molar-refractivity contribution in [3.8, 4) is 0 Å². The van der Waals surface area contributed by atoms with Gasteiger partial charge in [0.05, 0.1) is 5.52 Å². The van der Waals surface area contributed by atoms with Crippen molar-refractivity contribution >= 4 is 26.8 Å². The zero-order valence-corrected chi connectivity index (χ0v) is 13.5. The molecule has 0 aliphatic rings. The maximum atomic E-state index is 4.41. The largest absolute Gasteiger partial charge is 0.306 e. The number of nitrogens with one attached hydrogen (secondary N) is 1. The van der Waals surface area contributed by atoms with Crippen LogP contribution in [0.4, 0.5) is 0 Å². The topological polar surface area (TPSA) is 24.9 Å². The van der Waals surface area contributed by atoms with Gasteiger partial charge in [0.1, 0.15) is 0 Å². The maximum absolute atomic E-state index is 4.41. The molecular formula is C18H17BrN2. The second-order valence-corrected chi connectivity index (χ2v) is 5.97. The van der Waals surface area contributed by atoms with Gasteiger partial charge in [0.25, 0.3) is 0 Å². The van der Waals surface area contributed by atoms with Gasteiger partial charge in [-0.25, -0.2) is 0 Å². The molecule has 1 atom stereocenters. The van der Waals surface area contributed by atoms with Crippen LogP contribution < -0.4 is 5.32 Å². The third kappa shape index (κ3) is 3.14. The highest BCUT2D eigenvalue weighted by Gasteiger charge is 2.09. The van der Waals surface area contributed by atoms with Gasteiger partial charge in [-0.15, -0.1) is 0 Å². The predicted molar refractivity (Wildman–Crippen MR) is 91.1 cm³/mol. The second-order valence-electron chi connectivity index (χ2n) is 5.11. The van der Waals surface area contributed by atoms with Crippen LogP contribution in [-0.4, -0.2) is 4.98 Å². The van der Waals surface area contributed by atoms with E-state index in [4.69, 9.17) is 0 Å². The third-order valence-corrected chi connectivity index (χ3v) is 4.43. The van der Waals surface area contributed by atoms with E-state index < -0.39 is 0 Å². The maximum Gasteiger partial charge on any atom is 0.0705 e. The van der Waals surface area contributed by atoms with Crippen LogP contribution in [0.1, 0.15) is 24.1 Å². The summed E-state index contributed by atoms with van der Waals surface area (Å²) in [4.78, 5) is 4.41. The molecule has 1 N–H and O–H groups in total. The first-order valence-electron chi connectivity index (χ1n) is 7.06. The number of fused-ring (bicyclic) bond motifs is 1. The average molecular weight is 341 g/mol. The minimum absolute atomic E-state index is 0.285. The number of halogens is 1. The molecule has 0 radical (unpaired) electrons. The van der Waals surface area contributed by atoms with E-state index in [1.165, 1.54) is 16.5 Å². The zero-order chi connectivity index (χ0) is 14.7. The van der Waals surface area contributed by atoms with E-state index in [0.717, 1.165) is 16.5 Å². The summed E-state index contributed by atoms with van der Waals surface area (Å²) in [5.41, 5.74) is 3.60. The highest BCUT2D eigenvalue weighted by atomic mass is 79.9.